The molecule has 0 bridgehead atoms. The van der Waals surface area contributed by atoms with Gasteiger partial charge in [0.2, 0.25) is 0 Å². The lowest BCUT2D eigenvalue weighted by Gasteiger charge is -2.12. The Morgan fingerprint density at radius 1 is 1.00 bits per heavy atom. The second-order valence-corrected chi connectivity index (χ2v) is 2.98. The van der Waals surface area contributed by atoms with E-state index >= 15 is 0 Å². The molecule has 0 saturated carbocycles. The van der Waals surface area contributed by atoms with Crippen molar-refractivity contribution in [2.24, 2.45) is 5.92 Å². The summed E-state index contributed by atoms with van der Waals surface area (Å²) in [4.78, 5) is 0. The number of nitrogens with one attached hydrogen (secondary N) is 1. The Bertz CT molecular complexity index is 230. The molecule has 0 fully saturated rings. The summed E-state index contributed by atoms with van der Waals surface area (Å²) < 4.78 is 0. The summed E-state index contributed by atoms with van der Waals surface area (Å²) in [5.74, 6) is -0.0831. The van der Waals surface area contributed by atoms with Crippen LogP contribution in [-0.4, -0.2) is 30.0 Å². The van der Waals surface area contributed by atoms with Gasteiger partial charge in [0, 0.05) is 31.4 Å². The summed E-state index contributed by atoms with van der Waals surface area (Å²) in [6.45, 7) is 0.615. The zero-order valence-corrected chi connectivity index (χ0v) is 9.93. The summed E-state index contributed by atoms with van der Waals surface area (Å²) >= 11 is 0. The van der Waals surface area contributed by atoms with Gasteiger partial charge in [-0.25, -0.2) is 0 Å². The first-order valence-corrected chi connectivity index (χ1v) is 4.37. The molecule has 0 amide bonds. The molecule has 1 rings (SSSR count). The number of benzene rings is 1. The normalized spacial score (nSPS) is 9.00. The minimum absolute atomic E-state index is 0. The summed E-state index contributed by atoms with van der Waals surface area (Å²) in [7, 11) is 0. The van der Waals surface area contributed by atoms with Crippen LogP contribution in [0.25, 0.3) is 0 Å². The van der Waals surface area contributed by atoms with Gasteiger partial charge in [-0.05, 0) is 12.1 Å². The van der Waals surface area contributed by atoms with Crippen LogP contribution in [0.5, 0.6) is 0 Å². The zero-order valence-electron chi connectivity index (χ0n) is 8.30. The summed E-state index contributed by atoms with van der Waals surface area (Å²) in [5.41, 5.74) is 1.01. The summed E-state index contributed by atoms with van der Waals surface area (Å²) in [6, 6.07) is 9.73. The molecule has 0 aromatic heterocycles. The number of rotatable bonds is 5. The maximum atomic E-state index is 8.80. The molecule has 3 nitrogen and oxygen atoms in total. The standard InChI is InChI=1S/C10H15NO2.2ClH/c12-7-9(8-13)6-11-10-4-2-1-3-5-10;;/h1-5,9,11-13H,6-8H2;2*1H. The average molecular weight is 254 g/mol. The van der Waals surface area contributed by atoms with E-state index in [1.807, 2.05) is 30.3 Å². The Morgan fingerprint density at radius 2 is 1.53 bits per heavy atom. The van der Waals surface area contributed by atoms with E-state index in [4.69, 9.17) is 10.2 Å². The first-order valence-electron chi connectivity index (χ1n) is 4.37. The van der Waals surface area contributed by atoms with E-state index in [0.717, 1.165) is 5.69 Å². The van der Waals surface area contributed by atoms with Crippen molar-refractivity contribution in [3.05, 3.63) is 30.3 Å². The molecule has 88 valence electrons. The molecule has 15 heavy (non-hydrogen) atoms. The van der Waals surface area contributed by atoms with Gasteiger partial charge in [-0.15, -0.1) is 24.8 Å². The molecule has 5 heteroatoms. The molecule has 0 unspecified atom stereocenters. The van der Waals surface area contributed by atoms with E-state index in [0.29, 0.717) is 6.54 Å². The number of anilines is 1. The van der Waals surface area contributed by atoms with E-state index in [1.165, 1.54) is 0 Å². The van der Waals surface area contributed by atoms with E-state index < -0.39 is 0 Å². The van der Waals surface area contributed by atoms with Crippen molar-refractivity contribution in [1.29, 1.82) is 0 Å². The highest BCUT2D eigenvalue weighted by Gasteiger charge is 2.04. The highest BCUT2D eigenvalue weighted by atomic mass is 35.5. The SMILES string of the molecule is Cl.Cl.OCC(CO)CNc1ccccc1. The number of hydrogen-bond acceptors (Lipinski definition) is 3. The topological polar surface area (TPSA) is 52.5 Å². The second-order valence-electron chi connectivity index (χ2n) is 2.98. The van der Waals surface area contributed by atoms with Crippen LogP contribution in [0.15, 0.2) is 30.3 Å². The van der Waals surface area contributed by atoms with E-state index in [9.17, 15) is 0 Å². The summed E-state index contributed by atoms with van der Waals surface area (Å²) in [5, 5.41) is 20.7. The second kappa shape index (κ2) is 10.1. The lowest BCUT2D eigenvalue weighted by atomic mass is 10.2. The fraction of sp³-hybridized carbons (Fsp3) is 0.400. The smallest absolute Gasteiger partial charge is 0.0498 e. The van der Waals surface area contributed by atoms with Crippen LogP contribution in [0.4, 0.5) is 5.69 Å². The van der Waals surface area contributed by atoms with Crippen molar-refractivity contribution in [1.82, 2.24) is 0 Å². The lowest BCUT2D eigenvalue weighted by Crippen LogP contribution is -2.21. The third-order valence-corrected chi connectivity index (χ3v) is 1.89. The van der Waals surface area contributed by atoms with Gasteiger partial charge in [0.1, 0.15) is 0 Å². The molecule has 0 atom stereocenters. The maximum absolute atomic E-state index is 8.80. The Morgan fingerprint density at radius 3 is 2.00 bits per heavy atom. The molecule has 0 heterocycles. The predicted molar refractivity (Wildman–Crippen MR) is 67.1 cm³/mol. The third-order valence-electron chi connectivity index (χ3n) is 1.89. The van der Waals surface area contributed by atoms with Crippen LogP contribution in [-0.2, 0) is 0 Å². The highest BCUT2D eigenvalue weighted by Crippen LogP contribution is 2.05. The quantitative estimate of drug-likeness (QED) is 0.747. The average Bonchev–Trinajstić information content (AvgIpc) is 2.21. The monoisotopic (exact) mass is 253 g/mol. The first-order chi connectivity index (χ1) is 6.36. The first kappa shape index (κ1) is 16.9. The molecule has 0 radical (unpaired) electrons. The fourth-order valence-corrected chi connectivity index (χ4v) is 1.01. The lowest BCUT2D eigenvalue weighted by molar-refractivity contribution is 0.158. The van der Waals surface area contributed by atoms with Gasteiger partial charge < -0.3 is 15.5 Å². The van der Waals surface area contributed by atoms with E-state index in [1.54, 1.807) is 0 Å². The Hall–Kier alpha value is -0.480. The molecule has 1 aromatic carbocycles. The Kier molecular flexibility index (Phi) is 11.3. The van der Waals surface area contributed by atoms with Crippen LogP contribution in [0.3, 0.4) is 0 Å². The van der Waals surface area contributed by atoms with Gasteiger partial charge in [0.25, 0.3) is 0 Å². The number of para-hydroxylation sites is 1. The van der Waals surface area contributed by atoms with Gasteiger partial charge in [0.15, 0.2) is 0 Å². The van der Waals surface area contributed by atoms with Crippen molar-refractivity contribution in [3.63, 3.8) is 0 Å². The van der Waals surface area contributed by atoms with Crippen LogP contribution < -0.4 is 5.32 Å². The van der Waals surface area contributed by atoms with E-state index in [-0.39, 0.29) is 43.9 Å². The Labute approximate surface area is 102 Å². The van der Waals surface area contributed by atoms with Crippen LogP contribution in [0.2, 0.25) is 0 Å². The minimum Gasteiger partial charge on any atom is -0.396 e. The summed E-state index contributed by atoms with van der Waals surface area (Å²) in [6.07, 6.45) is 0. The largest absolute Gasteiger partial charge is 0.396 e. The van der Waals surface area contributed by atoms with Gasteiger partial charge in [-0.2, -0.15) is 0 Å². The maximum Gasteiger partial charge on any atom is 0.0498 e. The molecule has 3 N–H and O–H groups in total. The van der Waals surface area contributed by atoms with Crippen molar-refractivity contribution in [2.75, 3.05) is 25.1 Å². The van der Waals surface area contributed by atoms with Crippen LogP contribution in [0.1, 0.15) is 0 Å². The molecular formula is C10H17Cl2NO2. The Balaban J connectivity index is 0. The van der Waals surface area contributed by atoms with Crippen LogP contribution in [0, 0.1) is 5.92 Å². The van der Waals surface area contributed by atoms with Crippen molar-refractivity contribution in [2.45, 2.75) is 0 Å². The molecule has 1 aromatic rings. The number of aliphatic hydroxyl groups is 2. The number of hydrogen-bond donors (Lipinski definition) is 3. The molecule has 0 saturated heterocycles. The van der Waals surface area contributed by atoms with Crippen molar-refractivity contribution < 1.29 is 10.2 Å². The minimum atomic E-state index is -0.0831. The van der Waals surface area contributed by atoms with Gasteiger partial charge >= 0.3 is 0 Å². The van der Waals surface area contributed by atoms with E-state index in [2.05, 4.69) is 5.32 Å². The van der Waals surface area contributed by atoms with Gasteiger partial charge in [0.05, 0.1) is 0 Å². The zero-order chi connectivity index (χ0) is 9.52. The number of aliphatic hydroxyl groups excluding tert-OH is 2. The number of halogens is 2. The van der Waals surface area contributed by atoms with Crippen molar-refractivity contribution >= 4 is 30.5 Å². The molecular weight excluding hydrogens is 237 g/mol. The van der Waals surface area contributed by atoms with Crippen LogP contribution >= 0.6 is 24.8 Å². The van der Waals surface area contributed by atoms with Gasteiger partial charge in [-0.1, -0.05) is 18.2 Å². The molecule has 0 aliphatic heterocycles. The molecule has 0 aliphatic carbocycles. The predicted octanol–water partition coefficient (Wildman–Crippen LogP) is 1.54. The van der Waals surface area contributed by atoms with Crippen molar-refractivity contribution in [3.8, 4) is 0 Å². The molecule has 0 spiro atoms. The van der Waals surface area contributed by atoms with Gasteiger partial charge in [-0.3, -0.25) is 0 Å². The molecule has 0 aliphatic rings. The highest BCUT2D eigenvalue weighted by molar-refractivity contribution is 5.85. The fourth-order valence-electron chi connectivity index (χ4n) is 1.01. The third kappa shape index (κ3) is 6.57.